The van der Waals surface area contributed by atoms with Crippen LogP contribution in [0.2, 0.25) is 0 Å². The van der Waals surface area contributed by atoms with Gasteiger partial charge in [-0.05, 0) is 56.2 Å². The van der Waals surface area contributed by atoms with Crippen LogP contribution in [-0.4, -0.2) is 67.8 Å². The van der Waals surface area contributed by atoms with Crippen LogP contribution in [0.15, 0.2) is 84.0 Å². The number of alkyl halides is 3. The van der Waals surface area contributed by atoms with Crippen LogP contribution in [0, 0.1) is 6.92 Å². The van der Waals surface area contributed by atoms with E-state index in [1.165, 1.54) is 17.0 Å². The Morgan fingerprint density at radius 2 is 1.72 bits per heavy atom. The Hall–Kier alpha value is -4.12. The fraction of sp³-hybridized carbons (Fsp3) is 0.312. The monoisotopic (exact) mass is 607 g/mol. The van der Waals surface area contributed by atoms with Crippen molar-refractivity contribution in [2.75, 3.05) is 25.4 Å². The van der Waals surface area contributed by atoms with E-state index in [9.17, 15) is 22.8 Å². The molecule has 5 rings (SSSR count). The lowest BCUT2D eigenvalue weighted by atomic mass is 10.1. The number of nitrogens with zero attached hydrogens (tertiary/aromatic N) is 5. The fourth-order valence-electron chi connectivity index (χ4n) is 5.16. The molecule has 1 fully saturated rings. The minimum absolute atomic E-state index is 0.00703. The van der Waals surface area contributed by atoms with Crippen LogP contribution in [0.3, 0.4) is 0 Å². The van der Waals surface area contributed by atoms with Gasteiger partial charge in [-0.1, -0.05) is 60.3 Å². The summed E-state index contributed by atoms with van der Waals surface area (Å²) in [6.45, 7) is 4.78. The molecule has 2 amide bonds. The lowest BCUT2D eigenvalue weighted by Gasteiger charge is -2.40. The van der Waals surface area contributed by atoms with E-state index >= 15 is 0 Å². The van der Waals surface area contributed by atoms with E-state index in [1.54, 1.807) is 16.7 Å². The fourth-order valence-corrected chi connectivity index (χ4v) is 6.05. The van der Waals surface area contributed by atoms with Gasteiger partial charge in [0.2, 0.25) is 5.91 Å². The van der Waals surface area contributed by atoms with E-state index in [4.69, 9.17) is 0 Å². The molecule has 0 saturated carbocycles. The molecule has 224 valence electrons. The highest BCUT2D eigenvalue weighted by Gasteiger charge is 2.33. The molecule has 0 aliphatic carbocycles. The molecule has 11 heteroatoms. The number of amides is 2. The third-order valence-corrected chi connectivity index (χ3v) is 8.38. The molecule has 1 unspecified atom stereocenters. The number of rotatable bonds is 8. The molecule has 0 N–H and O–H groups in total. The maximum Gasteiger partial charge on any atom is 0.416 e. The Morgan fingerprint density at radius 3 is 2.44 bits per heavy atom. The highest BCUT2D eigenvalue weighted by molar-refractivity contribution is 7.99. The molecule has 0 radical (unpaired) electrons. The van der Waals surface area contributed by atoms with Crippen molar-refractivity contribution in [1.29, 1.82) is 0 Å². The van der Waals surface area contributed by atoms with Gasteiger partial charge in [-0.3, -0.25) is 14.2 Å². The van der Waals surface area contributed by atoms with E-state index < -0.39 is 17.6 Å². The third kappa shape index (κ3) is 7.10. The zero-order valence-electron chi connectivity index (χ0n) is 23.9. The molecule has 43 heavy (non-hydrogen) atoms. The SMILES string of the molecule is Cc1cccc(-n2c(SCCCC(=O)N3CCN(C(=O)c4cccc(C(F)(F)F)c4)C(C)C3)nnc2-c2ccccc2)c1. The average Bonchev–Trinajstić information content (AvgIpc) is 3.43. The molecule has 1 aliphatic rings. The standard InChI is InChI=1S/C32H32F3N5O2S/c1-22-9-6-14-27(19-22)40-29(24-10-4-3-5-11-24)36-37-31(40)43-18-8-15-28(41)38-16-17-39(23(2)21-38)30(42)25-12-7-13-26(20-25)32(33,34)35/h3-7,9-14,19-20,23H,8,15-18,21H2,1-2H3. The minimum atomic E-state index is -4.52. The van der Waals surface area contributed by atoms with Crippen LogP contribution in [0.25, 0.3) is 17.1 Å². The second kappa shape index (κ2) is 13.0. The summed E-state index contributed by atoms with van der Waals surface area (Å²) in [6, 6.07) is 22.2. The summed E-state index contributed by atoms with van der Waals surface area (Å²) in [5.41, 5.74) is 2.18. The first kappa shape index (κ1) is 30.3. The van der Waals surface area contributed by atoms with Gasteiger partial charge < -0.3 is 9.80 Å². The number of carbonyl (C=O) groups is 2. The Bertz CT molecular complexity index is 1590. The molecular formula is C32H32F3N5O2S. The minimum Gasteiger partial charge on any atom is -0.339 e. The van der Waals surface area contributed by atoms with Crippen LogP contribution in [0.1, 0.15) is 41.3 Å². The summed E-state index contributed by atoms with van der Waals surface area (Å²) in [5.74, 6) is 0.934. The predicted octanol–water partition coefficient (Wildman–Crippen LogP) is 6.51. The maximum absolute atomic E-state index is 13.1. The zero-order valence-corrected chi connectivity index (χ0v) is 24.7. The number of piperazine rings is 1. The van der Waals surface area contributed by atoms with E-state index in [2.05, 4.69) is 16.3 Å². The molecule has 3 aromatic carbocycles. The van der Waals surface area contributed by atoms with Gasteiger partial charge in [-0.25, -0.2) is 0 Å². The van der Waals surface area contributed by atoms with Gasteiger partial charge in [0.25, 0.3) is 5.91 Å². The van der Waals surface area contributed by atoms with Gasteiger partial charge in [0, 0.05) is 54.7 Å². The lowest BCUT2D eigenvalue weighted by molar-refractivity contribution is -0.137. The molecule has 2 heterocycles. The second-order valence-electron chi connectivity index (χ2n) is 10.6. The first-order chi connectivity index (χ1) is 20.6. The van der Waals surface area contributed by atoms with Crippen molar-refractivity contribution in [2.45, 2.75) is 44.1 Å². The maximum atomic E-state index is 13.1. The van der Waals surface area contributed by atoms with Crippen molar-refractivity contribution in [2.24, 2.45) is 0 Å². The van der Waals surface area contributed by atoms with Crippen molar-refractivity contribution in [1.82, 2.24) is 24.6 Å². The zero-order chi connectivity index (χ0) is 30.6. The third-order valence-electron chi connectivity index (χ3n) is 7.37. The number of aryl methyl sites for hydroxylation is 1. The molecule has 7 nitrogen and oxygen atoms in total. The number of carbonyl (C=O) groups excluding carboxylic acids is 2. The first-order valence-electron chi connectivity index (χ1n) is 14.1. The molecule has 1 aliphatic heterocycles. The summed E-state index contributed by atoms with van der Waals surface area (Å²) in [7, 11) is 0. The Balaban J connectivity index is 1.17. The van der Waals surface area contributed by atoms with Gasteiger partial charge >= 0.3 is 6.18 Å². The topological polar surface area (TPSA) is 71.3 Å². The Kier molecular flexibility index (Phi) is 9.19. The summed E-state index contributed by atoms with van der Waals surface area (Å²) >= 11 is 1.54. The number of aromatic nitrogens is 3. The molecule has 0 spiro atoms. The van der Waals surface area contributed by atoms with Gasteiger partial charge in [0.15, 0.2) is 11.0 Å². The highest BCUT2D eigenvalue weighted by atomic mass is 32.2. The molecule has 1 saturated heterocycles. The number of benzene rings is 3. The van der Waals surface area contributed by atoms with Crippen molar-refractivity contribution in [3.05, 3.63) is 95.6 Å². The number of hydrogen-bond acceptors (Lipinski definition) is 5. The van der Waals surface area contributed by atoms with Crippen LogP contribution >= 0.6 is 11.8 Å². The second-order valence-corrected chi connectivity index (χ2v) is 11.6. The lowest BCUT2D eigenvalue weighted by Crippen LogP contribution is -2.55. The summed E-state index contributed by atoms with van der Waals surface area (Å²) in [6.07, 6.45) is -3.56. The van der Waals surface area contributed by atoms with Gasteiger partial charge in [0.05, 0.1) is 5.56 Å². The van der Waals surface area contributed by atoms with Gasteiger partial charge in [0.1, 0.15) is 0 Å². The van der Waals surface area contributed by atoms with Gasteiger partial charge in [-0.2, -0.15) is 13.2 Å². The number of halogens is 3. The smallest absolute Gasteiger partial charge is 0.339 e. The van der Waals surface area contributed by atoms with E-state index in [0.717, 1.165) is 39.9 Å². The number of thioether (sulfide) groups is 1. The quantitative estimate of drug-likeness (QED) is 0.169. The van der Waals surface area contributed by atoms with Crippen molar-refractivity contribution < 1.29 is 22.8 Å². The summed E-state index contributed by atoms with van der Waals surface area (Å²) in [5, 5.41) is 9.68. The van der Waals surface area contributed by atoms with Crippen LogP contribution in [-0.2, 0) is 11.0 Å². The summed E-state index contributed by atoms with van der Waals surface area (Å²) < 4.78 is 41.4. The Labute approximate surface area is 252 Å². The molecule has 1 atom stereocenters. The van der Waals surface area contributed by atoms with Crippen molar-refractivity contribution >= 4 is 23.6 Å². The molecule has 1 aromatic heterocycles. The average molecular weight is 608 g/mol. The van der Waals surface area contributed by atoms with Crippen molar-refractivity contribution in [3.63, 3.8) is 0 Å². The highest BCUT2D eigenvalue weighted by Crippen LogP contribution is 2.31. The van der Waals surface area contributed by atoms with Crippen LogP contribution in [0.4, 0.5) is 13.2 Å². The molecular weight excluding hydrogens is 575 g/mol. The van der Waals surface area contributed by atoms with E-state index in [-0.39, 0.29) is 24.1 Å². The number of hydrogen-bond donors (Lipinski definition) is 0. The molecule has 4 aromatic rings. The van der Waals surface area contributed by atoms with Crippen LogP contribution < -0.4 is 0 Å². The summed E-state index contributed by atoms with van der Waals surface area (Å²) in [4.78, 5) is 29.3. The largest absolute Gasteiger partial charge is 0.416 e. The Morgan fingerprint density at radius 1 is 0.953 bits per heavy atom. The van der Waals surface area contributed by atoms with Gasteiger partial charge in [-0.15, -0.1) is 10.2 Å². The first-order valence-corrected chi connectivity index (χ1v) is 15.1. The normalized spacial score (nSPS) is 15.5. The van der Waals surface area contributed by atoms with E-state index in [0.29, 0.717) is 31.7 Å². The van der Waals surface area contributed by atoms with Crippen LogP contribution in [0.5, 0.6) is 0 Å². The van der Waals surface area contributed by atoms with E-state index in [1.807, 2.05) is 66.9 Å². The predicted molar refractivity (Wildman–Crippen MR) is 160 cm³/mol. The molecule has 0 bridgehead atoms. The van der Waals surface area contributed by atoms with Crippen molar-refractivity contribution in [3.8, 4) is 17.1 Å².